The van der Waals surface area contributed by atoms with Gasteiger partial charge in [0, 0.05) is 0 Å². The van der Waals surface area contributed by atoms with E-state index in [0.29, 0.717) is 5.92 Å². The van der Waals surface area contributed by atoms with Crippen LogP contribution in [0.25, 0.3) is 0 Å². The Kier molecular flexibility index (Phi) is 6.29. The van der Waals surface area contributed by atoms with E-state index in [9.17, 15) is 0 Å². The van der Waals surface area contributed by atoms with Crippen LogP contribution in [0.4, 0.5) is 0 Å². The van der Waals surface area contributed by atoms with Crippen LogP contribution in [-0.2, 0) is 0 Å². The van der Waals surface area contributed by atoms with Crippen molar-refractivity contribution in [3.63, 3.8) is 0 Å². The van der Waals surface area contributed by atoms with E-state index in [0.717, 1.165) is 19.4 Å². The Morgan fingerprint density at radius 3 is 2.08 bits per heavy atom. The molecule has 0 fully saturated rings. The molecule has 0 aromatic carbocycles. The van der Waals surface area contributed by atoms with Crippen LogP contribution in [0, 0.1) is 5.92 Å². The van der Waals surface area contributed by atoms with Gasteiger partial charge in [-0.1, -0.05) is 20.8 Å². The molecule has 3 N–H and O–H groups in total. The lowest BCUT2D eigenvalue weighted by atomic mass is 9.98. The second-order valence-corrected chi connectivity index (χ2v) is 4.06. The van der Waals surface area contributed by atoms with Gasteiger partial charge in [0.2, 0.25) is 0 Å². The fourth-order valence-corrected chi connectivity index (χ4v) is 1.14. The predicted molar refractivity (Wildman–Crippen MR) is 54.7 cm³/mol. The first-order valence-electron chi connectivity index (χ1n) is 5.07. The highest BCUT2D eigenvalue weighted by Crippen LogP contribution is 2.09. The molecule has 0 aliphatic carbocycles. The zero-order valence-corrected chi connectivity index (χ0v) is 9.01. The molecule has 13 heavy (non-hydrogen) atoms. The molecule has 0 aromatic heterocycles. The number of nitrogens with one attached hydrogen (secondary N) is 1. The van der Waals surface area contributed by atoms with E-state index in [-0.39, 0.29) is 13.2 Å². The van der Waals surface area contributed by atoms with E-state index >= 15 is 0 Å². The summed E-state index contributed by atoms with van der Waals surface area (Å²) in [6, 6.07) is 0. The van der Waals surface area contributed by atoms with Gasteiger partial charge in [0.1, 0.15) is 0 Å². The molecule has 0 saturated heterocycles. The minimum absolute atomic E-state index is 0.00189. The van der Waals surface area contributed by atoms with Crippen molar-refractivity contribution in [2.24, 2.45) is 5.92 Å². The van der Waals surface area contributed by atoms with Crippen molar-refractivity contribution in [2.45, 2.75) is 39.2 Å². The molecule has 0 rings (SSSR count). The van der Waals surface area contributed by atoms with Gasteiger partial charge in [0.25, 0.3) is 0 Å². The number of rotatable bonds is 7. The van der Waals surface area contributed by atoms with Gasteiger partial charge in [-0.15, -0.1) is 0 Å². The molecule has 0 saturated carbocycles. The highest BCUT2D eigenvalue weighted by molar-refractivity contribution is 4.85. The molecule has 0 spiro atoms. The van der Waals surface area contributed by atoms with Crippen molar-refractivity contribution in [2.75, 3.05) is 19.8 Å². The van der Waals surface area contributed by atoms with Gasteiger partial charge >= 0.3 is 0 Å². The smallest absolute Gasteiger partial charge is 0.0645 e. The Labute approximate surface area is 81.2 Å². The van der Waals surface area contributed by atoms with Crippen molar-refractivity contribution in [3.8, 4) is 0 Å². The summed E-state index contributed by atoms with van der Waals surface area (Å²) in [6.07, 6.45) is 1.82. The molecule has 0 atom stereocenters. The maximum Gasteiger partial charge on any atom is 0.0645 e. The van der Waals surface area contributed by atoms with E-state index in [4.69, 9.17) is 10.2 Å². The molecule has 3 nitrogen and oxygen atoms in total. The highest BCUT2D eigenvalue weighted by atomic mass is 16.3. The molecule has 0 aliphatic heterocycles. The Hall–Kier alpha value is -0.120. The number of hydrogen-bond acceptors (Lipinski definition) is 3. The normalized spacial score (nSPS) is 12.5. The third-order valence-corrected chi connectivity index (χ3v) is 2.50. The van der Waals surface area contributed by atoms with E-state index in [2.05, 4.69) is 19.2 Å². The Bertz CT molecular complexity index is 114. The second kappa shape index (κ2) is 6.35. The van der Waals surface area contributed by atoms with E-state index in [1.165, 1.54) is 0 Å². The molecular weight excluding hydrogens is 166 g/mol. The van der Waals surface area contributed by atoms with Crippen LogP contribution in [0.3, 0.4) is 0 Å². The first-order valence-corrected chi connectivity index (χ1v) is 5.07. The van der Waals surface area contributed by atoms with Gasteiger partial charge in [0.15, 0.2) is 0 Å². The average molecular weight is 189 g/mol. The fourth-order valence-electron chi connectivity index (χ4n) is 1.14. The molecule has 0 bridgehead atoms. The second-order valence-electron chi connectivity index (χ2n) is 4.06. The molecule has 0 aromatic rings. The summed E-state index contributed by atoms with van der Waals surface area (Å²) < 4.78 is 0. The Balaban J connectivity index is 3.81. The lowest BCUT2D eigenvalue weighted by Gasteiger charge is -2.30. The first kappa shape index (κ1) is 12.9. The van der Waals surface area contributed by atoms with E-state index in [1.807, 2.05) is 6.92 Å². The summed E-state index contributed by atoms with van der Waals surface area (Å²) in [5, 5.41) is 21.5. The maximum atomic E-state index is 9.12. The van der Waals surface area contributed by atoms with Gasteiger partial charge in [-0.2, -0.15) is 0 Å². The fraction of sp³-hybridized carbons (Fsp3) is 1.00. The quantitative estimate of drug-likeness (QED) is 0.554. The van der Waals surface area contributed by atoms with Crippen LogP contribution in [0.2, 0.25) is 0 Å². The van der Waals surface area contributed by atoms with Gasteiger partial charge in [-0.25, -0.2) is 0 Å². The van der Waals surface area contributed by atoms with Gasteiger partial charge < -0.3 is 15.5 Å². The molecule has 0 aliphatic rings. The molecule has 0 heterocycles. The van der Waals surface area contributed by atoms with Crippen LogP contribution < -0.4 is 5.32 Å². The SMILES string of the molecule is CCC(CO)(CO)NCCC(C)C. The molecule has 3 heteroatoms. The van der Waals surface area contributed by atoms with Crippen molar-refractivity contribution in [1.82, 2.24) is 5.32 Å². The maximum absolute atomic E-state index is 9.12. The number of aliphatic hydroxyl groups excluding tert-OH is 2. The standard InChI is InChI=1S/C10H23NO2/c1-4-10(7-12,8-13)11-6-5-9(2)3/h9,11-13H,4-8H2,1-3H3. The highest BCUT2D eigenvalue weighted by Gasteiger charge is 2.25. The number of aliphatic hydroxyl groups is 2. The van der Waals surface area contributed by atoms with E-state index in [1.54, 1.807) is 0 Å². The Morgan fingerprint density at radius 1 is 1.23 bits per heavy atom. The molecule has 80 valence electrons. The van der Waals surface area contributed by atoms with Crippen LogP contribution in [-0.4, -0.2) is 35.5 Å². The van der Waals surface area contributed by atoms with Crippen molar-refractivity contribution >= 4 is 0 Å². The summed E-state index contributed by atoms with van der Waals surface area (Å²) in [7, 11) is 0. The average Bonchev–Trinajstić information content (AvgIpc) is 2.13. The number of hydrogen-bond donors (Lipinski definition) is 3. The summed E-state index contributed by atoms with van der Waals surface area (Å²) in [6.45, 7) is 7.14. The van der Waals surface area contributed by atoms with Crippen LogP contribution >= 0.6 is 0 Å². The summed E-state index contributed by atoms with van der Waals surface area (Å²) in [5.41, 5.74) is -0.477. The minimum Gasteiger partial charge on any atom is -0.394 e. The predicted octanol–water partition coefficient (Wildman–Crippen LogP) is 0.755. The van der Waals surface area contributed by atoms with Crippen molar-refractivity contribution in [3.05, 3.63) is 0 Å². The summed E-state index contributed by atoms with van der Waals surface area (Å²) in [4.78, 5) is 0. The zero-order chi connectivity index (χ0) is 10.3. The molecule has 0 radical (unpaired) electrons. The van der Waals surface area contributed by atoms with Gasteiger partial charge in [0.05, 0.1) is 18.8 Å². The van der Waals surface area contributed by atoms with Crippen LogP contribution in [0.5, 0.6) is 0 Å². The lowest BCUT2D eigenvalue weighted by molar-refractivity contribution is 0.0869. The Morgan fingerprint density at radius 2 is 1.77 bits per heavy atom. The van der Waals surface area contributed by atoms with Gasteiger partial charge in [-0.3, -0.25) is 0 Å². The van der Waals surface area contributed by atoms with Gasteiger partial charge in [-0.05, 0) is 25.3 Å². The largest absolute Gasteiger partial charge is 0.394 e. The van der Waals surface area contributed by atoms with E-state index < -0.39 is 5.54 Å². The summed E-state index contributed by atoms with van der Waals surface area (Å²) >= 11 is 0. The monoisotopic (exact) mass is 189 g/mol. The van der Waals surface area contributed by atoms with Crippen LogP contribution in [0.1, 0.15) is 33.6 Å². The van der Waals surface area contributed by atoms with Crippen LogP contribution in [0.15, 0.2) is 0 Å². The molecule has 0 amide bonds. The lowest BCUT2D eigenvalue weighted by Crippen LogP contribution is -2.51. The molecular formula is C10H23NO2. The summed E-state index contributed by atoms with van der Waals surface area (Å²) in [5.74, 6) is 0.652. The van der Waals surface area contributed by atoms with Crippen molar-refractivity contribution in [1.29, 1.82) is 0 Å². The minimum atomic E-state index is -0.477. The first-order chi connectivity index (χ1) is 6.10. The zero-order valence-electron chi connectivity index (χ0n) is 9.01. The third-order valence-electron chi connectivity index (χ3n) is 2.50. The van der Waals surface area contributed by atoms with Crippen molar-refractivity contribution < 1.29 is 10.2 Å². The molecule has 0 unspecified atom stereocenters. The topological polar surface area (TPSA) is 52.5 Å². The third kappa shape index (κ3) is 4.60.